The highest BCUT2D eigenvalue weighted by Crippen LogP contribution is 2.25. The van der Waals surface area contributed by atoms with Crippen molar-refractivity contribution in [1.29, 1.82) is 0 Å². The molecule has 0 aliphatic heterocycles. The minimum Gasteiger partial charge on any atom is -0.302 e. The maximum atomic E-state index is 12.8. The normalized spacial score (nSPS) is 12.0. The third-order valence-corrected chi connectivity index (χ3v) is 3.63. The third kappa shape index (κ3) is 2.48. The topological polar surface area (TPSA) is 34.1 Å². The minimum atomic E-state index is -0.753. The molecular weight excluding hydrogens is 260 g/mol. The van der Waals surface area contributed by atoms with Crippen LogP contribution in [0.1, 0.15) is 21.8 Å². The average molecular weight is 274 g/mol. The van der Waals surface area contributed by atoms with Crippen LogP contribution in [0.5, 0.6) is 0 Å². The second-order valence-electron chi connectivity index (χ2n) is 4.92. The Morgan fingerprint density at radius 2 is 1.48 bits per heavy atom. The molecule has 102 valence electrons. The highest BCUT2D eigenvalue weighted by Gasteiger charge is 2.22. The zero-order valence-electron chi connectivity index (χ0n) is 11.4. The van der Waals surface area contributed by atoms with E-state index in [1.54, 1.807) is 6.07 Å². The van der Waals surface area contributed by atoms with E-state index < -0.39 is 5.92 Å². The number of Topliss-reactive ketones (excluding diaryl/α,β-unsaturated/α-hetero) is 1. The van der Waals surface area contributed by atoms with Crippen molar-refractivity contribution in [3.05, 3.63) is 83.9 Å². The number of aldehydes is 1. The standard InChI is InChI=1S/C19H14O2/c20-13-18(15-7-2-1-3-8-15)19(21)17-12-6-10-14-9-4-5-11-16(14)17/h1-13,18H. The van der Waals surface area contributed by atoms with E-state index in [0.717, 1.165) is 22.6 Å². The number of carbonyl (C=O) groups excluding carboxylic acids is 2. The van der Waals surface area contributed by atoms with Crippen LogP contribution in [0.2, 0.25) is 0 Å². The van der Waals surface area contributed by atoms with E-state index >= 15 is 0 Å². The van der Waals surface area contributed by atoms with Gasteiger partial charge in [-0.1, -0.05) is 72.8 Å². The summed E-state index contributed by atoms with van der Waals surface area (Å²) in [4.78, 5) is 24.2. The van der Waals surface area contributed by atoms with Crippen LogP contribution in [0, 0.1) is 0 Å². The third-order valence-electron chi connectivity index (χ3n) is 3.63. The Kier molecular flexibility index (Phi) is 3.61. The number of ketones is 1. The highest BCUT2D eigenvalue weighted by molar-refractivity contribution is 6.16. The number of hydrogen-bond donors (Lipinski definition) is 0. The smallest absolute Gasteiger partial charge is 0.178 e. The Morgan fingerprint density at radius 1 is 0.810 bits per heavy atom. The zero-order valence-corrected chi connectivity index (χ0v) is 11.4. The van der Waals surface area contributed by atoms with Crippen LogP contribution in [-0.2, 0) is 4.79 Å². The van der Waals surface area contributed by atoms with Gasteiger partial charge in [0.15, 0.2) is 5.78 Å². The molecule has 0 fully saturated rings. The first-order valence-corrected chi connectivity index (χ1v) is 6.83. The number of carbonyl (C=O) groups is 2. The molecule has 2 heteroatoms. The number of fused-ring (bicyclic) bond motifs is 1. The first-order valence-electron chi connectivity index (χ1n) is 6.83. The summed E-state index contributed by atoms with van der Waals surface area (Å²) < 4.78 is 0. The molecule has 0 amide bonds. The van der Waals surface area contributed by atoms with Crippen LogP contribution < -0.4 is 0 Å². The van der Waals surface area contributed by atoms with Gasteiger partial charge in [-0.25, -0.2) is 0 Å². The van der Waals surface area contributed by atoms with Crippen LogP contribution in [0.3, 0.4) is 0 Å². The summed E-state index contributed by atoms with van der Waals surface area (Å²) in [5.41, 5.74) is 1.32. The van der Waals surface area contributed by atoms with Crippen LogP contribution in [-0.4, -0.2) is 12.1 Å². The first kappa shape index (κ1) is 13.3. The molecular formula is C19H14O2. The molecule has 0 N–H and O–H groups in total. The number of benzene rings is 3. The van der Waals surface area contributed by atoms with Gasteiger partial charge in [-0.05, 0) is 16.3 Å². The van der Waals surface area contributed by atoms with E-state index in [0.29, 0.717) is 5.56 Å². The SMILES string of the molecule is O=CC(C(=O)c1cccc2ccccc12)c1ccccc1. The lowest BCUT2D eigenvalue weighted by atomic mass is 9.89. The van der Waals surface area contributed by atoms with Crippen molar-refractivity contribution in [2.75, 3.05) is 0 Å². The second kappa shape index (κ2) is 5.71. The fraction of sp³-hybridized carbons (Fsp3) is 0.0526. The zero-order chi connectivity index (χ0) is 14.7. The van der Waals surface area contributed by atoms with E-state index in [-0.39, 0.29) is 5.78 Å². The van der Waals surface area contributed by atoms with E-state index in [1.165, 1.54) is 0 Å². The van der Waals surface area contributed by atoms with Crippen LogP contribution >= 0.6 is 0 Å². The van der Waals surface area contributed by atoms with Gasteiger partial charge in [0.05, 0.1) is 0 Å². The van der Waals surface area contributed by atoms with Crippen molar-refractivity contribution in [3.63, 3.8) is 0 Å². The van der Waals surface area contributed by atoms with Crippen molar-refractivity contribution in [3.8, 4) is 0 Å². The second-order valence-corrected chi connectivity index (χ2v) is 4.92. The van der Waals surface area contributed by atoms with E-state index in [2.05, 4.69) is 0 Å². The molecule has 0 saturated carbocycles. The van der Waals surface area contributed by atoms with Gasteiger partial charge >= 0.3 is 0 Å². The molecule has 3 aromatic carbocycles. The van der Waals surface area contributed by atoms with Crippen LogP contribution in [0.25, 0.3) is 10.8 Å². The van der Waals surface area contributed by atoms with Gasteiger partial charge in [-0.15, -0.1) is 0 Å². The summed E-state index contributed by atoms with van der Waals surface area (Å²) in [5, 5.41) is 1.88. The van der Waals surface area contributed by atoms with Crippen molar-refractivity contribution in [1.82, 2.24) is 0 Å². The van der Waals surface area contributed by atoms with Gasteiger partial charge in [-0.2, -0.15) is 0 Å². The summed E-state index contributed by atoms with van der Waals surface area (Å²) in [6.45, 7) is 0. The summed E-state index contributed by atoms with van der Waals surface area (Å²) in [6.07, 6.45) is 0.722. The quantitative estimate of drug-likeness (QED) is 0.409. The average Bonchev–Trinajstić information content (AvgIpc) is 2.56. The lowest BCUT2D eigenvalue weighted by Crippen LogP contribution is -2.14. The Bertz CT molecular complexity index is 786. The lowest BCUT2D eigenvalue weighted by Gasteiger charge is -2.11. The van der Waals surface area contributed by atoms with Crippen molar-refractivity contribution in [2.24, 2.45) is 0 Å². The maximum Gasteiger partial charge on any atom is 0.178 e. The van der Waals surface area contributed by atoms with Gasteiger partial charge in [-0.3, -0.25) is 4.79 Å². The molecule has 1 atom stereocenters. The van der Waals surface area contributed by atoms with Gasteiger partial charge in [0, 0.05) is 5.56 Å². The molecule has 0 heterocycles. The molecule has 1 unspecified atom stereocenters. The molecule has 0 radical (unpaired) electrons. The molecule has 0 saturated heterocycles. The molecule has 0 aliphatic rings. The molecule has 3 rings (SSSR count). The lowest BCUT2D eigenvalue weighted by molar-refractivity contribution is -0.108. The summed E-state index contributed by atoms with van der Waals surface area (Å²) in [5.74, 6) is -0.912. The highest BCUT2D eigenvalue weighted by atomic mass is 16.1. The Morgan fingerprint density at radius 3 is 2.24 bits per heavy atom. The molecule has 0 aliphatic carbocycles. The first-order chi connectivity index (χ1) is 10.3. The van der Waals surface area contributed by atoms with Crippen LogP contribution in [0.15, 0.2) is 72.8 Å². The Labute approximate surface area is 123 Å². The fourth-order valence-corrected chi connectivity index (χ4v) is 2.56. The number of hydrogen-bond acceptors (Lipinski definition) is 2. The van der Waals surface area contributed by atoms with Crippen molar-refractivity contribution < 1.29 is 9.59 Å². The molecule has 3 aromatic rings. The molecule has 0 aromatic heterocycles. The summed E-state index contributed by atoms with van der Waals surface area (Å²) in [6, 6.07) is 22.5. The predicted molar refractivity (Wildman–Crippen MR) is 83.5 cm³/mol. The Balaban J connectivity index is 2.09. The van der Waals surface area contributed by atoms with E-state index in [9.17, 15) is 9.59 Å². The predicted octanol–water partition coefficient (Wildman–Crippen LogP) is 4.01. The number of rotatable bonds is 4. The molecule has 0 spiro atoms. The largest absolute Gasteiger partial charge is 0.302 e. The molecule has 2 nitrogen and oxygen atoms in total. The van der Waals surface area contributed by atoms with Gasteiger partial charge in [0.25, 0.3) is 0 Å². The van der Waals surface area contributed by atoms with Crippen molar-refractivity contribution >= 4 is 22.8 Å². The van der Waals surface area contributed by atoms with Gasteiger partial charge < -0.3 is 4.79 Å². The van der Waals surface area contributed by atoms with E-state index in [4.69, 9.17) is 0 Å². The van der Waals surface area contributed by atoms with Crippen LogP contribution in [0.4, 0.5) is 0 Å². The summed E-state index contributed by atoms with van der Waals surface area (Å²) in [7, 11) is 0. The maximum absolute atomic E-state index is 12.8. The molecule has 21 heavy (non-hydrogen) atoms. The van der Waals surface area contributed by atoms with Gasteiger partial charge in [0.1, 0.15) is 12.2 Å². The summed E-state index contributed by atoms with van der Waals surface area (Å²) >= 11 is 0. The Hall–Kier alpha value is -2.74. The fourth-order valence-electron chi connectivity index (χ4n) is 2.56. The van der Waals surface area contributed by atoms with Gasteiger partial charge in [0.2, 0.25) is 0 Å². The van der Waals surface area contributed by atoms with Crippen molar-refractivity contribution in [2.45, 2.75) is 5.92 Å². The monoisotopic (exact) mass is 274 g/mol. The van der Waals surface area contributed by atoms with E-state index in [1.807, 2.05) is 66.7 Å². The molecule has 0 bridgehead atoms. The minimum absolute atomic E-state index is 0.159.